The number of nitrogens with two attached hydrogens (primary N) is 1. The van der Waals surface area contributed by atoms with E-state index in [4.69, 9.17) is 17.3 Å². The second-order valence-electron chi connectivity index (χ2n) is 4.11. The van der Waals surface area contributed by atoms with Crippen LogP contribution in [0.25, 0.3) is 0 Å². The van der Waals surface area contributed by atoms with Crippen molar-refractivity contribution >= 4 is 11.6 Å². The zero-order valence-electron chi connectivity index (χ0n) is 9.75. The van der Waals surface area contributed by atoms with E-state index in [-0.39, 0.29) is 10.6 Å². The molecular weight excluding hydrogens is 256 g/mol. The molecule has 18 heavy (non-hydrogen) atoms. The minimum absolute atomic E-state index is 0.188. The van der Waals surface area contributed by atoms with Crippen LogP contribution < -0.4 is 5.73 Å². The summed E-state index contributed by atoms with van der Waals surface area (Å²) in [5, 5.41) is 0.242. The van der Waals surface area contributed by atoms with Crippen LogP contribution in [0.15, 0.2) is 36.4 Å². The standard InChI is InChI=1S/C14H12ClF2N/c1-8-5-6-9(16)7-10(8)14(18)13-11(15)3-2-4-12(13)17/h2-7,14H,18H2,1H3. The van der Waals surface area contributed by atoms with Crippen molar-refractivity contribution in [3.8, 4) is 0 Å². The second-order valence-corrected chi connectivity index (χ2v) is 4.52. The first-order chi connectivity index (χ1) is 8.50. The highest BCUT2D eigenvalue weighted by Crippen LogP contribution is 2.30. The minimum atomic E-state index is -0.783. The Labute approximate surface area is 109 Å². The van der Waals surface area contributed by atoms with Gasteiger partial charge in [-0.2, -0.15) is 0 Å². The van der Waals surface area contributed by atoms with Crippen molar-refractivity contribution in [2.24, 2.45) is 5.73 Å². The molecule has 2 aromatic rings. The van der Waals surface area contributed by atoms with Crippen LogP contribution in [0, 0.1) is 18.6 Å². The van der Waals surface area contributed by atoms with Gasteiger partial charge in [0.15, 0.2) is 0 Å². The summed E-state index contributed by atoms with van der Waals surface area (Å²) in [6.45, 7) is 1.80. The van der Waals surface area contributed by atoms with Crippen LogP contribution >= 0.6 is 11.6 Å². The maximum absolute atomic E-state index is 13.8. The van der Waals surface area contributed by atoms with E-state index in [9.17, 15) is 8.78 Å². The molecule has 1 atom stereocenters. The van der Waals surface area contributed by atoms with E-state index in [0.717, 1.165) is 5.56 Å². The van der Waals surface area contributed by atoms with E-state index < -0.39 is 17.7 Å². The molecule has 0 aromatic heterocycles. The topological polar surface area (TPSA) is 26.0 Å². The molecule has 4 heteroatoms. The van der Waals surface area contributed by atoms with Gasteiger partial charge in [0.05, 0.1) is 6.04 Å². The van der Waals surface area contributed by atoms with Gasteiger partial charge >= 0.3 is 0 Å². The summed E-state index contributed by atoms with van der Waals surface area (Å²) in [7, 11) is 0. The van der Waals surface area contributed by atoms with Crippen LogP contribution in [-0.4, -0.2) is 0 Å². The molecule has 0 amide bonds. The Morgan fingerprint density at radius 1 is 1.17 bits per heavy atom. The average Bonchev–Trinajstić information content (AvgIpc) is 2.32. The van der Waals surface area contributed by atoms with Crippen LogP contribution in [0.2, 0.25) is 5.02 Å². The third-order valence-electron chi connectivity index (χ3n) is 2.89. The molecule has 0 saturated carbocycles. The summed E-state index contributed by atoms with van der Waals surface area (Å²) < 4.78 is 27.0. The van der Waals surface area contributed by atoms with Gasteiger partial charge in [-0.3, -0.25) is 0 Å². The largest absolute Gasteiger partial charge is 0.320 e. The van der Waals surface area contributed by atoms with Crippen LogP contribution in [0.5, 0.6) is 0 Å². The lowest BCUT2D eigenvalue weighted by Gasteiger charge is -2.17. The van der Waals surface area contributed by atoms with Crippen LogP contribution in [0.4, 0.5) is 8.78 Å². The van der Waals surface area contributed by atoms with Gasteiger partial charge in [-0.15, -0.1) is 0 Å². The quantitative estimate of drug-likeness (QED) is 0.875. The third kappa shape index (κ3) is 2.37. The number of hydrogen-bond donors (Lipinski definition) is 1. The Kier molecular flexibility index (Phi) is 3.64. The van der Waals surface area contributed by atoms with Gasteiger partial charge in [0.1, 0.15) is 11.6 Å². The van der Waals surface area contributed by atoms with Crippen LogP contribution in [0.3, 0.4) is 0 Å². The fourth-order valence-corrected chi connectivity index (χ4v) is 2.19. The molecule has 1 unspecified atom stereocenters. The van der Waals surface area contributed by atoms with Crippen molar-refractivity contribution < 1.29 is 8.78 Å². The van der Waals surface area contributed by atoms with Crippen molar-refractivity contribution in [2.45, 2.75) is 13.0 Å². The molecule has 0 spiro atoms. The zero-order valence-corrected chi connectivity index (χ0v) is 10.5. The molecule has 0 heterocycles. The minimum Gasteiger partial charge on any atom is -0.320 e. The molecule has 2 aromatic carbocycles. The van der Waals surface area contributed by atoms with E-state index in [2.05, 4.69) is 0 Å². The molecule has 94 valence electrons. The summed E-state index contributed by atoms with van der Waals surface area (Å²) >= 11 is 5.95. The smallest absolute Gasteiger partial charge is 0.129 e. The average molecular weight is 268 g/mol. The van der Waals surface area contributed by atoms with E-state index >= 15 is 0 Å². The maximum atomic E-state index is 13.8. The fraction of sp³-hybridized carbons (Fsp3) is 0.143. The Morgan fingerprint density at radius 2 is 1.89 bits per heavy atom. The van der Waals surface area contributed by atoms with E-state index in [1.165, 1.54) is 24.3 Å². The van der Waals surface area contributed by atoms with Crippen molar-refractivity contribution in [1.82, 2.24) is 0 Å². The molecular formula is C14H12ClF2N. The highest BCUT2D eigenvalue weighted by molar-refractivity contribution is 6.31. The van der Waals surface area contributed by atoms with Crippen molar-refractivity contribution in [3.63, 3.8) is 0 Å². The molecule has 2 N–H and O–H groups in total. The first-order valence-electron chi connectivity index (χ1n) is 5.46. The molecule has 0 saturated heterocycles. The van der Waals surface area contributed by atoms with Gasteiger partial charge in [0.2, 0.25) is 0 Å². The maximum Gasteiger partial charge on any atom is 0.129 e. The number of benzene rings is 2. The van der Waals surface area contributed by atoms with Gasteiger partial charge in [-0.1, -0.05) is 23.7 Å². The SMILES string of the molecule is Cc1ccc(F)cc1C(N)c1c(F)cccc1Cl. The summed E-state index contributed by atoms with van der Waals surface area (Å²) in [6, 6.07) is 7.84. The van der Waals surface area contributed by atoms with E-state index in [1.54, 1.807) is 19.1 Å². The van der Waals surface area contributed by atoms with Crippen molar-refractivity contribution in [2.75, 3.05) is 0 Å². The Morgan fingerprint density at radius 3 is 2.56 bits per heavy atom. The Balaban J connectivity index is 2.54. The van der Waals surface area contributed by atoms with Crippen LogP contribution in [0.1, 0.15) is 22.7 Å². The van der Waals surface area contributed by atoms with Gasteiger partial charge < -0.3 is 5.73 Å². The summed E-state index contributed by atoms with van der Waals surface area (Å²) in [5.41, 5.74) is 7.51. The number of rotatable bonds is 2. The van der Waals surface area contributed by atoms with E-state index in [1.807, 2.05) is 0 Å². The predicted molar refractivity (Wildman–Crippen MR) is 68.6 cm³/mol. The molecule has 0 radical (unpaired) electrons. The number of hydrogen-bond acceptors (Lipinski definition) is 1. The first-order valence-corrected chi connectivity index (χ1v) is 5.84. The lowest BCUT2D eigenvalue weighted by atomic mass is 9.95. The van der Waals surface area contributed by atoms with Gasteiger partial charge in [-0.25, -0.2) is 8.78 Å². The number of aryl methyl sites for hydroxylation is 1. The van der Waals surface area contributed by atoms with Gasteiger partial charge in [-0.05, 0) is 42.3 Å². The molecule has 0 aliphatic heterocycles. The van der Waals surface area contributed by atoms with Gasteiger partial charge in [0, 0.05) is 10.6 Å². The van der Waals surface area contributed by atoms with E-state index in [0.29, 0.717) is 5.56 Å². The lowest BCUT2D eigenvalue weighted by Crippen LogP contribution is -2.15. The highest BCUT2D eigenvalue weighted by Gasteiger charge is 2.19. The van der Waals surface area contributed by atoms with Gasteiger partial charge in [0.25, 0.3) is 0 Å². The third-order valence-corrected chi connectivity index (χ3v) is 3.22. The molecule has 0 bridgehead atoms. The Bertz CT molecular complexity index is 564. The lowest BCUT2D eigenvalue weighted by molar-refractivity contribution is 0.595. The summed E-state index contributed by atoms with van der Waals surface area (Å²) in [5.74, 6) is -0.892. The second kappa shape index (κ2) is 5.04. The molecule has 2 rings (SSSR count). The zero-order chi connectivity index (χ0) is 13.3. The predicted octanol–water partition coefficient (Wildman–Crippen LogP) is 3.97. The molecule has 0 fully saturated rings. The normalized spacial score (nSPS) is 12.5. The Hall–Kier alpha value is -1.45. The molecule has 1 nitrogen and oxygen atoms in total. The summed E-state index contributed by atoms with van der Waals surface area (Å²) in [4.78, 5) is 0. The fourth-order valence-electron chi connectivity index (χ4n) is 1.91. The molecule has 0 aliphatic carbocycles. The first kappa shape index (κ1) is 13.0. The summed E-state index contributed by atoms with van der Waals surface area (Å²) in [6.07, 6.45) is 0. The van der Waals surface area contributed by atoms with Crippen molar-refractivity contribution in [3.05, 3.63) is 69.7 Å². The van der Waals surface area contributed by atoms with Crippen LogP contribution in [-0.2, 0) is 0 Å². The molecule has 0 aliphatic rings. The monoisotopic (exact) mass is 267 g/mol. The van der Waals surface area contributed by atoms with Crippen molar-refractivity contribution in [1.29, 1.82) is 0 Å². The number of halogens is 3. The highest BCUT2D eigenvalue weighted by atomic mass is 35.5.